The quantitative estimate of drug-likeness (QED) is 0.571. The normalized spacial score (nSPS) is 22.9. The molecule has 31 heavy (non-hydrogen) atoms. The molecule has 1 N–H and O–H groups in total. The minimum atomic E-state index is -0.0882. The minimum Gasteiger partial charge on any atom is -0.364 e. The van der Waals surface area contributed by atoms with Crippen LogP contribution in [0, 0.1) is 6.92 Å². The van der Waals surface area contributed by atoms with E-state index in [1.165, 1.54) is 28.6 Å². The summed E-state index contributed by atoms with van der Waals surface area (Å²) in [6, 6.07) is 14.7. The van der Waals surface area contributed by atoms with Gasteiger partial charge < -0.3 is 10.2 Å². The number of rotatable bonds is 3. The number of nitrogens with zero attached hydrogens (tertiary/aromatic N) is 2. The third-order valence-electron chi connectivity index (χ3n) is 6.10. The first kappa shape index (κ1) is 21.7. The Morgan fingerprint density at radius 3 is 2.61 bits per heavy atom. The van der Waals surface area contributed by atoms with Gasteiger partial charge in [-0.2, -0.15) is 0 Å². The fourth-order valence-electron chi connectivity index (χ4n) is 4.99. The summed E-state index contributed by atoms with van der Waals surface area (Å²) in [4.78, 5) is 20.4. The standard InChI is InChI=1S/C26H31N3OS/c1-16(2)29-22-12-17(3)19(13-21(22)18(4)15-26(29,5)6)14-23-24(30)28-25(31-23)27-20-10-8-7-9-11-20/h7-14,16,18H,15H2,1-6H3,(H,27,28,30)/b23-14-/t18-/m1/s1. The first-order chi connectivity index (χ1) is 14.7. The Kier molecular flexibility index (Phi) is 5.73. The van der Waals surface area contributed by atoms with Gasteiger partial charge in [0.15, 0.2) is 5.17 Å². The van der Waals surface area contributed by atoms with E-state index in [0.717, 1.165) is 17.7 Å². The van der Waals surface area contributed by atoms with Crippen LogP contribution in [0.25, 0.3) is 6.08 Å². The number of aliphatic imine (C=N–C) groups is 1. The Morgan fingerprint density at radius 2 is 1.94 bits per heavy atom. The van der Waals surface area contributed by atoms with Crippen LogP contribution >= 0.6 is 11.8 Å². The maximum Gasteiger partial charge on any atom is 0.264 e. The van der Waals surface area contributed by atoms with E-state index in [4.69, 9.17) is 0 Å². The van der Waals surface area contributed by atoms with Crippen LogP contribution in [0.1, 0.15) is 63.6 Å². The summed E-state index contributed by atoms with van der Waals surface area (Å²) in [6.45, 7) is 13.6. The van der Waals surface area contributed by atoms with E-state index in [1.54, 1.807) is 0 Å². The highest BCUT2D eigenvalue weighted by Crippen LogP contribution is 2.45. The summed E-state index contributed by atoms with van der Waals surface area (Å²) >= 11 is 1.40. The highest BCUT2D eigenvalue weighted by Gasteiger charge is 2.38. The maximum absolute atomic E-state index is 12.6. The average Bonchev–Trinajstić information content (AvgIpc) is 3.01. The van der Waals surface area contributed by atoms with Crippen molar-refractivity contribution in [2.45, 2.75) is 65.5 Å². The van der Waals surface area contributed by atoms with Crippen molar-refractivity contribution < 1.29 is 4.79 Å². The molecule has 1 fully saturated rings. The lowest BCUT2D eigenvalue weighted by molar-refractivity contribution is -0.115. The van der Waals surface area contributed by atoms with E-state index < -0.39 is 0 Å². The van der Waals surface area contributed by atoms with E-state index in [9.17, 15) is 4.79 Å². The van der Waals surface area contributed by atoms with Crippen molar-refractivity contribution in [3.05, 3.63) is 64.1 Å². The number of para-hydroxylation sites is 1. The molecule has 2 heterocycles. The van der Waals surface area contributed by atoms with Crippen molar-refractivity contribution in [2.24, 2.45) is 4.99 Å². The molecule has 2 aromatic carbocycles. The number of carbonyl (C=O) groups is 1. The van der Waals surface area contributed by atoms with Gasteiger partial charge in [0, 0.05) is 17.3 Å². The van der Waals surface area contributed by atoms with Gasteiger partial charge in [0.2, 0.25) is 0 Å². The van der Waals surface area contributed by atoms with Crippen molar-refractivity contribution in [1.82, 2.24) is 5.32 Å². The van der Waals surface area contributed by atoms with Gasteiger partial charge in [0.1, 0.15) is 0 Å². The molecule has 1 saturated heterocycles. The molecule has 2 aliphatic heterocycles. The highest BCUT2D eigenvalue weighted by atomic mass is 32.2. The van der Waals surface area contributed by atoms with Crippen molar-refractivity contribution in [3.63, 3.8) is 0 Å². The van der Waals surface area contributed by atoms with Crippen LogP contribution in [0.4, 0.5) is 11.4 Å². The van der Waals surface area contributed by atoms with E-state index >= 15 is 0 Å². The summed E-state index contributed by atoms with van der Waals surface area (Å²) in [7, 11) is 0. The van der Waals surface area contributed by atoms with Crippen molar-refractivity contribution >= 4 is 40.3 Å². The zero-order chi connectivity index (χ0) is 22.3. The van der Waals surface area contributed by atoms with Crippen LogP contribution in [0.15, 0.2) is 52.4 Å². The van der Waals surface area contributed by atoms with Gasteiger partial charge in [0.25, 0.3) is 5.91 Å². The van der Waals surface area contributed by atoms with Crippen LogP contribution in [0.2, 0.25) is 0 Å². The van der Waals surface area contributed by atoms with Gasteiger partial charge in [-0.15, -0.1) is 0 Å². The number of hydrogen-bond acceptors (Lipinski definition) is 4. The van der Waals surface area contributed by atoms with Crippen molar-refractivity contribution in [2.75, 3.05) is 4.90 Å². The lowest BCUT2D eigenvalue weighted by Gasteiger charge is -2.50. The smallest absolute Gasteiger partial charge is 0.264 e. The topological polar surface area (TPSA) is 44.7 Å². The van der Waals surface area contributed by atoms with Gasteiger partial charge in [-0.1, -0.05) is 25.1 Å². The van der Waals surface area contributed by atoms with Crippen LogP contribution < -0.4 is 10.2 Å². The molecule has 0 aliphatic carbocycles. The molecule has 2 aromatic rings. The Morgan fingerprint density at radius 1 is 1.23 bits per heavy atom. The van der Waals surface area contributed by atoms with Gasteiger partial charge in [0.05, 0.1) is 10.6 Å². The first-order valence-electron chi connectivity index (χ1n) is 10.9. The molecule has 2 aliphatic rings. The first-order valence-corrected chi connectivity index (χ1v) is 11.8. The lowest BCUT2D eigenvalue weighted by Crippen LogP contribution is -2.51. The summed E-state index contributed by atoms with van der Waals surface area (Å²) in [5.74, 6) is 0.382. The second-order valence-electron chi connectivity index (χ2n) is 9.47. The molecule has 1 atom stereocenters. The number of fused-ring (bicyclic) bond motifs is 1. The Hall–Kier alpha value is -2.53. The monoisotopic (exact) mass is 433 g/mol. The highest BCUT2D eigenvalue weighted by molar-refractivity contribution is 8.18. The number of carbonyl (C=O) groups excluding carboxylic acids is 1. The van der Waals surface area contributed by atoms with Gasteiger partial charge in [-0.3, -0.25) is 4.79 Å². The zero-order valence-corrected chi connectivity index (χ0v) is 20.0. The average molecular weight is 434 g/mol. The zero-order valence-electron chi connectivity index (χ0n) is 19.2. The van der Waals surface area contributed by atoms with Crippen LogP contribution in [-0.4, -0.2) is 22.7 Å². The molecule has 162 valence electrons. The third kappa shape index (κ3) is 4.29. The number of nitrogens with one attached hydrogen (secondary N) is 1. The number of benzene rings is 2. The SMILES string of the molecule is Cc1cc2c(cc1/C=C1\SC(=Nc3ccccc3)NC1=O)[C@H](C)CC(C)(C)N2C(C)C. The van der Waals surface area contributed by atoms with Crippen molar-refractivity contribution in [3.8, 4) is 0 Å². The number of hydrogen-bond donors (Lipinski definition) is 1. The number of thioether (sulfide) groups is 1. The summed E-state index contributed by atoms with van der Waals surface area (Å²) < 4.78 is 0. The molecule has 0 spiro atoms. The van der Waals surface area contributed by atoms with E-state index in [0.29, 0.717) is 22.0 Å². The molecule has 0 saturated carbocycles. The molecule has 4 nitrogen and oxygen atoms in total. The van der Waals surface area contributed by atoms with Gasteiger partial charge in [-0.25, -0.2) is 4.99 Å². The largest absolute Gasteiger partial charge is 0.364 e. The second kappa shape index (κ2) is 8.19. The Bertz CT molecular complexity index is 1070. The fourth-order valence-corrected chi connectivity index (χ4v) is 5.82. The molecule has 4 rings (SSSR count). The van der Waals surface area contributed by atoms with Crippen LogP contribution in [-0.2, 0) is 4.79 Å². The van der Waals surface area contributed by atoms with Crippen LogP contribution in [0.5, 0.6) is 0 Å². The molecule has 0 unspecified atom stereocenters. The molecule has 0 aromatic heterocycles. The maximum atomic E-state index is 12.6. The summed E-state index contributed by atoms with van der Waals surface area (Å²) in [5.41, 5.74) is 5.94. The lowest BCUT2D eigenvalue weighted by atomic mass is 9.78. The molecule has 5 heteroatoms. The summed E-state index contributed by atoms with van der Waals surface area (Å²) in [6.07, 6.45) is 3.12. The van der Waals surface area contributed by atoms with Gasteiger partial charge >= 0.3 is 0 Å². The van der Waals surface area contributed by atoms with E-state index in [2.05, 4.69) is 68.9 Å². The van der Waals surface area contributed by atoms with E-state index in [1.807, 2.05) is 36.4 Å². The fraction of sp³-hybridized carbons (Fsp3) is 0.385. The number of amidine groups is 1. The number of aryl methyl sites for hydroxylation is 1. The van der Waals surface area contributed by atoms with Crippen molar-refractivity contribution in [1.29, 1.82) is 0 Å². The molecule has 0 radical (unpaired) electrons. The Labute approximate surface area is 189 Å². The third-order valence-corrected chi connectivity index (χ3v) is 7.01. The van der Waals surface area contributed by atoms with Gasteiger partial charge in [-0.05, 0) is 106 Å². The minimum absolute atomic E-state index is 0.0882. The molecule has 1 amide bonds. The summed E-state index contributed by atoms with van der Waals surface area (Å²) in [5, 5.41) is 3.52. The van der Waals surface area contributed by atoms with Crippen LogP contribution in [0.3, 0.4) is 0 Å². The van der Waals surface area contributed by atoms with E-state index in [-0.39, 0.29) is 11.4 Å². The second-order valence-corrected chi connectivity index (χ2v) is 10.5. The molecule has 0 bridgehead atoms. The Balaban J connectivity index is 1.69. The number of amides is 1. The molecular weight excluding hydrogens is 402 g/mol. The molecular formula is C26H31N3OS. The predicted octanol–water partition coefficient (Wildman–Crippen LogP) is 6.39. The predicted molar refractivity (Wildman–Crippen MR) is 133 cm³/mol. The number of anilines is 1.